The van der Waals surface area contributed by atoms with Gasteiger partial charge in [0.1, 0.15) is 11.5 Å². The molecular formula is C16H11ClF3NO5. The number of halogens is 4. The Balaban J connectivity index is 2.33. The summed E-state index contributed by atoms with van der Waals surface area (Å²) in [5.41, 5.74) is -1.41. The van der Waals surface area contributed by atoms with Crippen molar-refractivity contribution >= 4 is 23.3 Å². The molecule has 0 unspecified atom stereocenters. The van der Waals surface area contributed by atoms with Crippen molar-refractivity contribution < 1.29 is 32.4 Å². The average molecular weight is 390 g/mol. The Labute approximate surface area is 150 Å². The number of nitrogens with zero attached hydrogens (tertiary/aromatic N) is 1. The number of alkyl halides is 3. The van der Waals surface area contributed by atoms with E-state index in [-0.39, 0.29) is 28.7 Å². The van der Waals surface area contributed by atoms with Crippen LogP contribution in [-0.2, 0) is 11.0 Å². The van der Waals surface area contributed by atoms with Crippen LogP contribution in [-0.4, -0.2) is 10.9 Å². The van der Waals surface area contributed by atoms with Crippen molar-refractivity contribution in [2.24, 2.45) is 0 Å². The van der Waals surface area contributed by atoms with Gasteiger partial charge < -0.3 is 9.47 Å². The summed E-state index contributed by atoms with van der Waals surface area (Å²) < 4.78 is 48.2. The van der Waals surface area contributed by atoms with E-state index in [1.54, 1.807) is 0 Å². The first-order chi connectivity index (χ1) is 12.1. The van der Waals surface area contributed by atoms with Crippen LogP contribution in [0.1, 0.15) is 18.9 Å². The molecule has 26 heavy (non-hydrogen) atoms. The van der Waals surface area contributed by atoms with Crippen molar-refractivity contribution in [3.8, 4) is 17.2 Å². The minimum Gasteiger partial charge on any atom is -0.456 e. The lowest BCUT2D eigenvalue weighted by molar-refractivity contribution is -0.385. The fourth-order valence-electron chi connectivity index (χ4n) is 1.87. The highest BCUT2D eigenvalue weighted by Crippen LogP contribution is 2.38. The third kappa shape index (κ3) is 4.63. The van der Waals surface area contributed by atoms with Crippen LogP contribution in [0.15, 0.2) is 36.4 Å². The van der Waals surface area contributed by atoms with Gasteiger partial charge in [0, 0.05) is 18.6 Å². The second-order valence-electron chi connectivity index (χ2n) is 4.96. The third-order valence-electron chi connectivity index (χ3n) is 3.13. The molecule has 6 nitrogen and oxygen atoms in total. The predicted octanol–water partition coefficient (Wildman–Crippen LogP) is 5.37. The maximum Gasteiger partial charge on any atom is 0.416 e. The summed E-state index contributed by atoms with van der Waals surface area (Å²) in [6.07, 6.45) is -4.57. The maximum absolute atomic E-state index is 12.6. The van der Waals surface area contributed by atoms with Crippen molar-refractivity contribution in [2.75, 3.05) is 0 Å². The molecule has 0 aromatic heterocycles. The van der Waals surface area contributed by atoms with Gasteiger partial charge in [0.2, 0.25) is 5.75 Å². The molecule has 0 atom stereocenters. The van der Waals surface area contributed by atoms with Gasteiger partial charge in [0.25, 0.3) is 0 Å². The summed E-state index contributed by atoms with van der Waals surface area (Å²) in [6, 6.07) is 5.83. The highest BCUT2D eigenvalue weighted by Gasteiger charge is 2.31. The van der Waals surface area contributed by atoms with E-state index in [9.17, 15) is 28.1 Å². The number of hydrogen-bond donors (Lipinski definition) is 0. The lowest BCUT2D eigenvalue weighted by Gasteiger charge is -2.12. The zero-order chi connectivity index (χ0) is 19.5. The minimum atomic E-state index is -4.56. The number of carbonyl (C=O) groups is 1. The number of nitro benzene ring substituents is 1. The minimum absolute atomic E-state index is 0.00355. The SMILES string of the molecule is CCC(=O)Oc1cc(Oc2ccc(C(F)(F)F)cc2Cl)ccc1[N+](=O)[O-]. The molecule has 0 saturated carbocycles. The first-order valence-electron chi connectivity index (χ1n) is 7.15. The molecule has 2 aromatic carbocycles. The summed E-state index contributed by atoms with van der Waals surface area (Å²) in [6.45, 7) is 1.51. The number of benzene rings is 2. The van der Waals surface area contributed by atoms with Crippen LogP contribution in [0.3, 0.4) is 0 Å². The summed E-state index contributed by atoms with van der Waals surface area (Å²) >= 11 is 5.80. The number of ether oxygens (including phenoxy) is 2. The monoisotopic (exact) mass is 389 g/mol. The summed E-state index contributed by atoms with van der Waals surface area (Å²) in [7, 11) is 0. The van der Waals surface area contributed by atoms with Gasteiger partial charge in [-0.25, -0.2) is 0 Å². The van der Waals surface area contributed by atoms with Crippen LogP contribution in [0, 0.1) is 10.1 Å². The molecule has 0 aliphatic rings. The molecule has 0 radical (unpaired) electrons. The smallest absolute Gasteiger partial charge is 0.416 e. The third-order valence-corrected chi connectivity index (χ3v) is 3.42. The highest BCUT2D eigenvalue weighted by atomic mass is 35.5. The van der Waals surface area contributed by atoms with Gasteiger partial charge in [-0.2, -0.15) is 13.2 Å². The second kappa shape index (κ2) is 7.61. The van der Waals surface area contributed by atoms with Crippen LogP contribution < -0.4 is 9.47 Å². The molecule has 2 rings (SSSR count). The molecule has 138 valence electrons. The number of hydrogen-bond acceptors (Lipinski definition) is 5. The number of carbonyl (C=O) groups excluding carboxylic acids is 1. The molecule has 0 N–H and O–H groups in total. The van der Waals surface area contributed by atoms with E-state index >= 15 is 0 Å². The van der Waals surface area contributed by atoms with E-state index in [0.717, 1.165) is 24.3 Å². The van der Waals surface area contributed by atoms with Gasteiger partial charge in [-0.05, 0) is 24.3 Å². The standard InChI is InChI=1S/C16H11ClF3NO5/c1-2-15(22)26-14-8-10(4-5-12(14)21(23)24)25-13-6-3-9(7-11(13)17)16(18,19)20/h3-8H,2H2,1H3. The number of nitro groups is 1. The summed E-state index contributed by atoms with van der Waals surface area (Å²) in [5, 5.41) is 10.7. The lowest BCUT2D eigenvalue weighted by atomic mass is 10.2. The van der Waals surface area contributed by atoms with Crippen molar-refractivity contribution in [3.05, 3.63) is 57.1 Å². The number of esters is 1. The Morgan fingerprint density at radius 1 is 1.19 bits per heavy atom. The van der Waals surface area contributed by atoms with E-state index in [1.165, 1.54) is 13.0 Å². The van der Waals surface area contributed by atoms with Crippen molar-refractivity contribution in [2.45, 2.75) is 19.5 Å². The molecule has 0 bridgehead atoms. The van der Waals surface area contributed by atoms with Crippen LogP contribution in [0.5, 0.6) is 17.2 Å². The lowest BCUT2D eigenvalue weighted by Crippen LogP contribution is -2.07. The van der Waals surface area contributed by atoms with Gasteiger partial charge in [-0.15, -0.1) is 0 Å². The van der Waals surface area contributed by atoms with Crippen LogP contribution in [0.2, 0.25) is 5.02 Å². The molecule has 0 aliphatic heterocycles. The fraction of sp³-hybridized carbons (Fsp3) is 0.188. The Bertz CT molecular complexity index is 854. The second-order valence-corrected chi connectivity index (χ2v) is 5.37. The maximum atomic E-state index is 12.6. The van der Waals surface area contributed by atoms with E-state index in [4.69, 9.17) is 21.1 Å². The molecule has 0 spiro atoms. The van der Waals surface area contributed by atoms with E-state index < -0.39 is 28.3 Å². The Morgan fingerprint density at radius 2 is 1.88 bits per heavy atom. The molecule has 0 amide bonds. The predicted molar refractivity (Wildman–Crippen MR) is 85.6 cm³/mol. The van der Waals surface area contributed by atoms with Gasteiger partial charge in [-0.1, -0.05) is 18.5 Å². The fourth-order valence-corrected chi connectivity index (χ4v) is 2.09. The van der Waals surface area contributed by atoms with E-state index in [0.29, 0.717) is 6.07 Å². The van der Waals surface area contributed by atoms with Crippen molar-refractivity contribution in [1.29, 1.82) is 0 Å². The molecule has 0 aliphatic carbocycles. The zero-order valence-electron chi connectivity index (χ0n) is 13.2. The Hall–Kier alpha value is -2.81. The van der Waals surface area contributed by atoms with Gasteiger partial charge in [-0.3, -0.25) is 14.9 Å². The molecule has 0 heterocycles. The van der Waals surface area contributed by atoms with E-state index in [1.807, 2.05) is 0 Å². The quantitative estimate of drug-likeness (QED) is 0.297. The number of rotatable bonds is 5. The topological polar surface area (TPSA) is 78.7 Å². The molecule has 2 aromatic rings. The molecular weight excluding hydrogens is 379 g/mol. The highest BCUT2D eigenvalue weighted by molar-refractivity contribution is 6.32. The normalized spacial score (nSPS) is 11.1. The summed E-state index contributed by atoms with van der Waals surface area (Å²) in [5.74, 6) is -1.14. The first kappa shape index (κ1) is 19.5. The molecule has 10 heteroatoms. The van der Waals surface area contributed by atoms with Crippen LogP contribution >= 0.6 is 11.6 Å². The van der Waals surface area contributed by atoms with Crippen molar-refractivity contribution in [3.63, 3.8) is 0 Å². The van der Waals surface area contributed by atoms with Gasteiger partial charge in [0.05, 0.1) is 15.5 Å². The van der Waals surface area contributed by atoms with Gasteiger partial charge in [0.15, 0.2) is 0 Å². The van der Waals surface area contributed by atoms with Crippen molar-refractivity contribution in [1.82, 2.24) is 0 Å². The van der Waals surface area contributed by atoms with Crippen LogP contribution in [0.4, 0.5) is 18.9 Å². The van der Waals surface area contributed by atoms with Gasteiger partial charge >= 0.3 is 17.8 Å². The first-order valence-corrected chi connectivity index (χ1v) is 7.53. The summed E-state index contributed by atoms with van der Waals surface area (Å²) in [4.78, 5) is 21.6. The average Bonchev–Trinajstić information content (AvgIpc) is 2.55. The molecule has 0 fully saturated rings. The Morgan fingerprint density at radius 3 is 2.42 bits per heavy atom. The van der Waals surface area contributed by atoms with Crippen LogP contribution in [0.25, 0.3) is 0 Å². The zero-order valence-corrected chi connectivity index (χ0v) is 13.9. The van der Waals surface area contributed by atoms with E-state index in [2.05, 4.69) is 0 Å². The molecule has 0 saturated heterocycles. The largest absolute Gasteiger partial charge is 0.456 e. The Kier molecular flexibility index (Phi) is 5.71.